The van der Waals surface area contributed by atoms with E-state index in [-0.39, 0.29) is 24.4 Å². The number of likely N-dealkylation sites (N-methyl/N-ethyl adjacent to an activating group) is 1. The maximum absolute atomic E-state index is 12.9. The predicted octanol–water partition coefficient (Wildman–Crippen LogP) is 3.46. The van der Waals surface area contributed by atoms with Crippen LogP contribution >= 0.6 is 0 Å². The second-order valence-electron chi connectivity index (χ2n) is 8.74. The smallest absolute Gasteiger partial charge is 0.433 e. The molecule has 198 valence electrons. The number of amides is 1. The lowest BCUT2D eigenvalue weighted by atomic mass is 10.0. The minimum atomic E-state index is -4.55. The van der Waals surface area contributed by atoms with Crippen LogP contribution in [0.3, 0.4) is 0 Å². The molecular weight excluding hydrogens is 491 g/mol. The highest BCUT2D eigenvalue weighted by molar-refractivity contribution is 6.04. The maximum Gasteiger partial charge on any atom is 0.433 e. The number of aromatic nitrogens is 4. The van der Waals surface area contributed by atoms with E-state index in [1.807, 2.05) is 31.9 Å². The number of hydrogen-bond donors (Lipinski definition) is 2. The largest absolute Gasteiger partial charge is 0.481 e. The first-order valence-electron chi connectivity index (χ1n) is 11.5. The molecule has 10 nitrogen and oxygen atoms in total. The maximum atomic E-state index is 12.9. The van der Waals surface area contributed by atoms with Crippen LogP contribution in [-0.4, -0.2) is 59.1 Å². The highest BCUT2D eigenvalue weighted by Gasteiger charge is 2.36. The van der Waals surface area contributed by atoms with Gasteiger partial charge in [0.15, 0.2) is 0 Å². The number of carbonyl (C=O) groups excluding carboxylic acids is 1. The fraction of sp³-hybridized carbons (Fsp3) is 0.417. The highest BCUT2D eigenvalue weighted by Crippen LogP contribution is 2.36. The summed E-state index contributed by atoms with van der Waals surface area (Å²) in [6, 6.07) is 3.63. The molecule has 0 aromatic carbocycles. The van der Waals surface area contributed by atoms with Crippen LogP contribution in [0.5, 0.6) is 5.88 Å². The van der Waals surface area contributed by atoms with Crippen molar-refractivity contribution in [2.45, 2.75) is 45.3 Å². The molecule has 1 aliphatic heterocycles. The number of aryl methyl sites for hydroxylation is 1. The molecule has 1 amide bonds. The molecule has 13 heteroatoms. The van der Waals surface area contributed by atoms with Crippen LogP contribution in [0.15, 0.2) is 30.6 Å². The molecule has 0 saturated heterocycles. The van der Waals surface area contributed by atoms with E-state index < -0.39 is 17.9 Å². The molecule has 2 N–H and O–H groups in total. The standard InChI is InChI=1S/C24H28F3N7O3/c1-13-20-17(33(3)21(14(2)36-4)22(35)32-20)8-19(30-13)28-9-15-10-29-34(11-15)12-16-6-7-18(24(25,26)27)31-23(16)37-5/h6-8,10-11,14,21H,9,12H2,1-5H3,(H,28,30)(H,32,35)/t14-,21?/m1/s1. The van der Waals surface area contributed by atoms with Gasteiger partial charge in [-0.3, -0.25) is 9.48 Å². The second kappa shape index (κ2) is 10.2. The van der Waals surface area contributed by atoms with E-state index in [0.717, 1.165) is 17.3 Å². The van der Waals surface area contributed by atoms with Crippen LogP contribution in [-0.2, 0) is 28.8 Å². The molecule has 0 radical (unpaired) electrons. The summed E-state index contributed by atoms with van der Waals surface area (Å²) in [7, 11) is 4.69. The summed E-state index contributed by atoms with van der Waals surface area (Å²) in [5.41, 5.74) is 2.44. The Morgan fingerprint density at radius 3 is 2.68 bits per heavy atom. The van der Waals surface area contributed by atoms with Crippen molar-refractivity contribution in [1.82, 2.24) is 19.7 Å². The van der Waals surface area contributed by atoms with E-state index in [0.29, 0.717) is 29.3 Å². The summed E-state index contributed by atoms with van der Waals surface area (Å²) in [5, 5.41) is 10.5. The minimum absolute atomic E-state index is 0.101. The number of alkyl halides is 3. The van der Waals surface area contributed by atoms with Gasteiger partial charge in [0.25, 0.3) is 0 Å². The van der Waals surface area contributed by atoms with Crippen molar-refractivity contribution in [3.63, 3.8) is 0 Å². The Labute approximate surface area is 211 Å². The third kappa shape index (κ3) is 5.45. The number of rotatable bonds is 8. The van der Waals surface area contributed by atoms with Gasteiger partial charge in [-0.25, -0.2) is 9.97 Å². The van der Waals surface area contributed by atoms with Gasteiger partial charge in [0, 0.05) is 44.1 Å². The van der Waals surface area contributed by atoms with Crippen molar-refractivity contribution in [1.29, 1.82) is 0 Å². The lowest BCUT2D eigenvalue weighted by Crippen LogP contribution is -2.52. The van der Waals surface area contributed by atoms with Gasteiger partial charge in [-0.15, -0.1) is 0 Å². The van der Waals surface area contributed by atoms with Gasteiger partial charge < -0.3 is 25.0 Å². The Morgan fingerprint density at radius 2 is 2.00 bits per heavy atom. The van der Waals surface area contributed by atoms with E-state index in [2.05, 4.69) is 25.7 Å². The van der Waals surface area contributed by atoms with Crippen molar-refractivity contribution >= 4 is 23.1 Å². The third-order valence-electron chi connectivity index (χ3n) is 6.23. The van der Waals surface area contributed by atoms with Crippen molar-refractivity contribution in [2.24, 2.45) is 0 Å². The summed E-state index contributed by atoms with van der Waals surface area (Å²) in [6.45, 7) is 4.25. The monoisotopic (exact) mass is 519 g/mol. The van der Waals surface area contributed by atoms with E-state index in [1.54, 1.807) is 24.2 Å². The van der Waals surface area contributed by atoms with Gasteiger partial charge in [-0.2, -0.15) is 18.3 Å². The number of methoxy groups -OCH3 is 2. The first-order chi connectivity index (χ1) is 17.5. The Balaban J connectivity index is 1.47. The van der Waals surface area contributed by atoms with Crippen molar-refractivity contribution < 1.29 is 27.4 Å². The predicted molar refractivity (Wildman–Crippen MR) is 131 cm³/mol. The van der Waals surface area contributed by atoms with Crippen LogP contribution in [0, 0.1) is 6.92 Å². The molecule has 2 atom stereocenters. The van der Waals surface area contributed by atoms with Crippen LogP contribution < -0.4 is 20.3 Å². The van der Waals surface area contributed by atoms with Gasteiger partial charge in [-0.1, -0.05) is 0 Å². The summed E-state index contributed by atoms with van der Waals surface area (Å²) in [5.74, 6) is 0.364. The topological polar surface area (TPSA) is 106 Å². The fourth-order valence-corrected chi connectivity index (χ4v) is 4.23. The number of carbonyl (C=O) groups is 1. The van der Waals surface area contributed by atoms with Crippen LogP contribution in [0.25, 0.3) is 0 Å². The molecule has 4 rings (SSSR count). The lowest BCUT2D eigenvalue weighted by Gasteiger charge is -2.38. The zero-order valence-electron chi connectivity index (χ0n) is 21.1. The minimum Gasteiger partial charge on any atom is -0.481 e. The van der Waals surface area contributed by atoms with Gasteiger partial charge in [0.1, 0.15) is 17.6 Å². The summed E-state index contributed by atoms with van der Waals surface area (Å²) in [6.07, 6.45) is -1.43. The van der Waals surface area contributed by atoms with Gasteiger partial charge >= 0.3 is 6.18 Å². The number of pyridine rings is 2. The van der Waals surface area contributed by atoms with Gasteiger partial charge in [0.2, 0.25) is 11.8 Å². The fourth-order valence-electron chi connectivity index (χ4n) is 4.23. The third-order valence-corrected chi connectivity index (χ3v) is 6.23. The molecule has 37 heavy (non-hydrogen) atoms. The molecule has 1 unspecified atom stereocenters. The summed E-state index contributed by atoms with van der Waals surface area (Å²) >= 11 is 0. The zero-order valence-corrected chi connectivity index (χ0v) is 21.1. The SMILES string of the molecule is COc1nc(C(F)(F)F)ccc1Cn1cc(CNc2cc3c(c(C)n2)NC(=O)C([C@@H](C)OC)N3C)cn1. The molecule has 0 fully saturated rings. The number of nitrogens with one attached hydrogen (secondary N) is 2. The first-order valence-corrected chi connectivity index (χ1v) is 11.5. The average Bonchev–Trinajstić information content (AvgIpc) is 3.30. The van der Waals surface area contributed by atoms with E-state index in [1.165, 1.54) is 13.2 Å². The zero-order chi connectivity index (χ0) is 26.9. The number of fused-ring (bicyclic) bond motifs is 1. The van der Waals surface area contributed by atoms with E-state index in [9.17, 15) is 18.0 Å². The van der Waals surface area contributed by atoms with Crippen molar-refractivity contribution in [3.05, 3.63) is 53.1 Å². The Hall–Kier alpha value is -3.87. The van der Waals surface area contributed by atoms with E-state index >= 15 is 0 Å². The molecule has 0 saturated carbocycles. The Bertz CT molecular complexity index is 1300. The normalized spacial score (nSPS) is 16.3. The molecule has 0 bridgehead atoms. The Morgan fingerprint density at radius 1 is 1.24 bits per heavy atom. The number of ether oxygens (including phenoxy) is 2. The van der Waals surface area contributed by atoms with Crippen LogP contribution in [0.4, 0.5) is 30.4 Å². The molecule has 1 aliphatic rings. The summed E-state index contributed by atoms with van der Waals surface area (Å²) in [4.78, 5) is 22.6. The highest BCUT2D eigenvalue weighted by atomic mass is 19.4. The lowest BCUT2D eigenvalue weighted by molar-refractivity contribution is -0.141. The number of anilines is 3. The van der Waals surface area contributed by atoms with Crippen LogP contribution in [0.1, 0.15) is 29.4 Å². The van der Waals surface area contributed by atoms with Gasteiger partial charge in [-0.05, 0) is 26.0 Å². The van der Waals surface area contributed by atoms with Gasteiger partial charge in [0.05, 0.1) is 43.0 Å². The second-order valence-corrected chi connectivity index (χ2v) is 8.74. The molecule has 4 heterocycles. The number of halogens is 3. The molecule has 0 spiro atoms. The quantitative estimate of drug-likeness (QED) is 0.466. The Kier molecular flexibility index (Phi) is 7.25. The van der Waals surface area contributed by atoms with Crippen molar-refractivity contribution in [3.8, 4) is 5.88 Å². The first kappa shape index (κ1) is 26.2. The summed E-state index contributed by atoms with van der Waals surface area (Å²) < 4.78 is 50.9. The number of hydrogen-bond acceptors (Lipinski definition) is 8. The molecule has 3 aromatic rings. The number of nitrogens with zero attached hydrogens (tertiary/aromatic N) is 5. The molecule has 0 aliphatic carbocycles. The van der Waals surface area contributed by atoms with Crippen molar-refractivity contribution in [2.75, 3.05) is 36.8 Å². The molecular formula is C24H28F3N7O3. The van der Waals surface area contributed by atoms with E-state index in [4.69, 9.17) is 9.47 Å². The molecule has 3 aromatic heterocycles. The average molecular weight is 520 g/mol. The van der Waals surface area contributed by atoms with Crippen LogP contribution in [0.2, 0.25) is 0 Å².